The highest BCUT2D eigenvalue weighted by molar-refractivity contribution is 5.88. The summed E-state index contributed by atoms with van der Waals surface area (Å²) in [4.78, 5) is 35.5. The first-order valence-electron chi connectivity index (χ1n) is 14.4. The first kappa shape index (κ1) is 26.0. The summed E-state index contributed by atoms with van der Waals surface area (Å²) in [5.74, 6) is 2.79. The van der Waals surface area contributed by atoms with Gasteiger partial charge in [0.05, 0.1) is 18.8 Å². The molecule has 3 aromatic rings. The van der Waals surface area contributed by atoms with Crippen molar-refractivity contribution in [1.29, 1.82) is 0 Å². The second-order valence-electron chi connectivity index (χ2n) is 11.9. The number of likely N-dealkylation sites (N-methyl/N-ethyl adjacent to an activating group) is 1. The molecule has 11 nitrogen and oxygen atoms in total. The molecule has 0 radical (unpaired) electrons. The molecule has 2 aromatic heterocycles. The Balaban J connectivity index is 1.19. The van der Waals surface area contributed by atoms with E-state index in [1.54, 1.807) is 4.90 Å². The topological polar surface area (TPSA) is 99.2 Å². The van der Waals surface area contributed by atoms with Crippen LogP contribution in [0.3, 0.4) is 0 Å². The van der Waals surface area contributed by atoms with Crippen LogP contribution in [-0.2, 0) is 9.47 Å². The number of hydrogen-bond acceptors (Lipinski definition) is 10. The summed E-state index contributed by atoms with van der Waals surface area (Å²) in [6.45, 7) is 9.90. The Morgan fingerprint density at radius 2 is 1.76 bits per heavy atom. The van der Waals surface area contributed by atoms with Crippen LogP contribution in [0.1, 0.15) is 31.7 Å². The van der Waals surface area contributed by atoms with Crippen molar-refractivity contribution in [2.45, 2.75) is 37.8 Å². The molecular weight excluding hydrogens is 520 g/mol. The molecule has 0 saturated carbocycles. The number of anilines is 6. The second-order valence-corrected chi connectivity index (χ2v) is 11.9. The zero-order valence-electron chi connectivity index (χ0n) is 23.8. The van der Waals surface area contributed by atoms with Crippen LogP contribution in [0.5, 0.6) is 0 Å². The van der Waals surface area contributed by atoms with Crippen molar-refractivity contribution in [3.05, 3.63) is 54.2 Å². The molecule has 0 bridgehead atoms. The number of pyridine rings is 1. The predicted molar refractivity (Wildman–Crippen MR) is 158 cm³/mol. The van der Waals surface area contributed by atoms with Gasteiger partial charge in [-0.2, -0.15) is 4.98 Å². The van der Waals surface area contributed by atoms with E-state index in [0.29, 0.717) is 31.5 Å². The summed E-state index contributed by atoms with van der Waals surface area (Å²) in [6.07, 6.45) is 2.36. The van der Waals surface area contributed by atoms with E-state index >= 15 is 0 Å². The maximum Gasteiger partial charge on any atom is 0.415 e. The largest absolute Gasteiger partial charge is 0.447 e. The fourth-order valence-corrected chi connectivity index (χ4v) is 6.28. The molecule has 214 valence electrons. The number of carbonyl (C=O) groups excluding carboxylic acids is 1. The number of ether oxygens (including phenoxy) is 2. The van der Waals surface area contributed by atoms with Crippen LogP contribution in [0.25, 0.3) is 0 Å². The zero-order valence-corrected chi connectivity index (χ0v) is 23.8. The van der Waals surface area contributed by atoms with Gasteiger partial charge < -0.3 is 29.5 Å². The first-order valence-corrected chi connectivity index (χ1v) is 14.4. The van der Waals surface area contributed by atoms with E-state index in [1.807, 2.05) is 24.4 Å². The molecule has 6 heterocycles. The summed E-state index contributed by atoms with van der Waals surface area (Å²) in [5.41, 5.74) is 2.93. The Hall–Kier alpha value is -3.96. The molecule has 0 spiro atoms. The van der Waals surface area contributed by atoms with Gasteiger partial charge in [-0.05, 0) is 63.7 Å². The number of benzene rings is 1. The molecule has 2 atom stereocenters. The molecule has 0 aliphatic carbocycles. The number of hydrogen-bond donors (Lipinski definition) is 1. The number of fused-ring (bicyclic) bond motifs is 3. The second kappa shape index (κ2) is 10.1. The summed E-state index contributed by atoms with van der Waals surface area (Å²) < 4.78 is 11.4. The number of piperazine rings is 1. The Morgan fingerprint density at radius 1 is 0.976 bits per heavy atom. The van der Waals surface area contributed by atoms with Crippen LogP contribution in [0, 0.1) is 0 Å². The number of rotatable bonds is 5. The van der Waals surface area contributed by atoms with Gasteiger partial charge in [0.2, 0.25) is 5.95 Å². The van der Waals surface area contributed by atoms with E-state index in [9.17, 15) is 4.79 Å². The van der Waals surface area contributed by atoms with Crippen molar-refractivity contribution in [1.82, 2.24) is 19.9 Å². The molecule has 11 heteroatoms. The van der Waals surface area contributed by atoms with Gasteiger partial charge in [0.15, 0.2) is 0 Å². The van der Waals surface area contributed by atoms with Crippen LogP contribution < -0.4 is 20.0 Å². The third-order valence-corrected chi connectivity index (χ3v) is 8.57. The smallest absolute Gasteiger partial charge is 0.415 e. The van der Waals surface area contributed by atoms with Crippen molar-refractivity contribution in [3.63, 3.8) is 0 Å². The number of amides is 1. The molecule has 3 fully saturated rings. The average Bonchev–Trinajstić information content (AvgIpc) is 3.53. The SMILES string of the molecule is CN1CCN(c2ccc(Nc3ncc4c(n3)N(c3cccc(N5CCOC5=O)n3)C3CC(C)(C)OCC43)cc2)CC1. The Labute approximate surface area is 240 Å². The van der Waals surface area contributed by atoms with Crippen LogP contribution >= 0.6 is 0 Å². The van der Waals surface area contributed by atoms with Crippen molar-refractivity contribution < 1.29 is 14.3 Å². The third-order valence-electron chi connectivity index (χ3n) is 8.57. The molecule has 1 amide bonds. The predicted octanol–water partition coefficient (Wildman–Crippen LogP) is 4.13. The van der Waals surface area contributed by atoms with Crippen molar-refractivity contribution in [3.8, 4) is 0 Å². The molecule has 1 aromatic carbocycles. The van der Waals surface area contributed by atoms with Gasteiger partial charge in [-0.25, -0.2) is 14.8 Å². The first-order chi connectivity index (χ1) is 19.8. The molecule has 2 unspecified atom stereocenters. The van der Waals surface area contributed by atoms with Crippen molar-refractivity contribution in [2.75, 3.05) is 73.0 Å². The van der Waals surface area contributed by atoms with E-state index < -0.39 is 0 Å². The standard InChI is InChI=1S/C30H36N8O3/c1-30(2)17-24-23(19-41-30)22-18-31-28(32-20-7-9-21(10-8-20)36-13-11-35(3)12-14-36)34-27(22)38(24)26-6-4-5-25(33-26)37-15-16-40-29(37)39/h4-10,18,23-24H,11-17,19H2,1-3H3,(H,31,32,34). The lowest BCUT2D eigenvalue weighted by atomic mass is 9.85. The van der Waals surface area contributed by atoms with Crippen LogP contribution in [0.15, 0.2) is 48.7 Å². The maximum absolute atomic E-state index is 12.3. The minimum absolute atomic E-state index is 0.106. The van der Waals surface area contributed by atoms with Gasteiger partial charge in [-0.1, -0.05) is 6.07 Å². The van der Waals surface area contributed by atoms with E-state index in [4.69, 9.17) is 24.4 Å². The number of nitrogens with zero attached hydrogens (tertiary/aromatic N) is 7. The van der Waals surface area contributed by atoms with E-state index in [-0.39, 0.29) is 23.7 Å². The molecule has 3 saturated heterocycles. The number of aromatic nitrogens is 3. The summed E-state index contributed by atoms with van der Waals surface area (Å²) in [6, 6.07) is 14.3. The Morgan fingerprint density at radius 3 is 2.51 bits per heavy atom. The highest BCUT2D eigenvalue weighted by atomic mass is 16.6. The summed E-state index contributed by atoms with van der Waals surface area (Å²) >= 11 is 0. The molecule has 7 rings (SSSR count). The molecule has 41 heavy (non-hydrogen) atoms. The lowest BCUT2D eigenvalue weighted by Gasteiger charge is -2.40. The van der Waals surface area contributed by atoms with Crippen molar-refractivity contribution in [2.24, 2.45) is 0 Å². The highest BCUT2D eigenvalue weighted by Crippen LogP contribution is 2.49. The van der Waals surface area contributed by atoms with Gasteiger partial charge in [0.1, 0.15) is 24.1 Å². The fraction of sp³-hybridized carbons (Fsp3) is 0.467. The third kappa shape index (κ3) is 4.93. The monoisotopic (exact) mass is 556 g/mol. The van der Waals surface area contributed by atoms with Gasteiger partial charge >= 0.3 is 6.09 Å². The van der Waals surface area contributed by atoms with Crippen LogP contribution in [0.4, 0.5) is 39.6 Å². The maximum atomic E-state index is 12.3. The quantitative estimate of drug-likeness (QED) is 0.494. The number of nitrogens with one attached hydrogen (secondary N) is 1. The minimum atomic E-state index is -0.367. The van der Waals surface area contributed by atoms with E-state index in [1.165, 1.54) is 5.69 Å². The van der Waals surface area contributed by atoms with Crippen molar-refractivity contribution >= 4 is 40.9 Å². The summed E-state index contributed by atoms with van der Waals surface area (Å²) in [7, 11) is 2.17. The highest BCUT2D eigenvalue weighted by Gasteiger charge is 2.48. The van der Waals surface area contributed by atoms with E-state index in [2.05, 4.69) is 65.2 Å². The minimum Gasteiger partial charge on any atom is -0.447 e. The molecule has 4 aliphatic heterocycles. The van der Waals surface area contributed by atoms with Gasteiger partial charge in [0, 0.05) is 61.3 Å². The van der Waals surface area contributed by atoms with Crippen LogP contribution in [-0.4, -0.2) is 90.6 Å². The lowest BCUT2D eigenvalue weighted by molar-refractivity contribution is -0.0657. The molecular formula is C30H36N8O3. The van der Waals surface area contributed by atoms with Gasteiger partial charge in [0.25, 0.3) is 0 Å². The zero-order chi connectivity index (χ0) is 28.1. The molecule has 4 aliphatic rings. The Bertz CT molecular complexity index is 1440. The number of carbonyl (C=O) groups is 1. The Kier molecular flexibility index (Phi) is 6.43. The van der Waals surface area contributed by atoms with Crippen LogP contribution in [0.2, 0.25) is 0 Å². The summed E-state index contributed by atoms with van der Waals surface area (Å²) in [5, 5.41) is 3.41. The average molecular weight is 557 g/mol. The van der Waals surface area contributed by atoms with E-state index in [0.717, 1.165) is 55.5 Å². The lowest BCUT2D eigenvalue weighted by Crippen LogP contribution is -2.45. The fourth-order valence-electron chi connectivity index (χ4n) is 6.28. The van der Waals surface area contributed by atoms with Gasteiger partial charge in [-0.15, -0.1) is 0 Å². The van der Waals surface area contributed by atoms with Gasteiger partial charge in [-0.3, -0.25) is 4.90 Å². The normalized spacial score (nSPS) is 23.8. The number of cyclic esters (lactones) is 1. The molecule has 1 N–H and O–H groups in total.